The average molecular weight is 298 g/mol. The Morgan fingerprint density at radius 1 is 0.700 bits per heavy atom. The molecule has 0 nitrogen and oxygen atoms in total. The molecule has 0 saturated carbocycles. The Kier molecular flexibility index (Phi) is 3.21. The van der Waals surface area contributed by atoms with Crippen LogP contribution >= 0.6 is 15.8 Å². The molecule has 0 N–H and O–H groups in total. The molecule has 2 aliphatic rings. The minimum absolute atomic E-state index is 0.0988. The van der Waals surface area contributed by atoms with Gasteiger partial charge in [0, 0.05) is 11.3 Å². The Morgan fingerprint density at radius 2 is 1.10 bits per heavy atom. The molecule has 2 aromatic carbocycles. The van der Waals surface area contributed by atoms with E-state index in [1.807, 2.05) is 0 Å². The van der Waals surface area contributed by atoms with E-state index in [0.717, 1.165) is 11.3 Å². The summed E-state index contributed by atoms with van der Waals surface area (Å²) in [4.78, 5) is 0. The Balaban J connectivity index is 1.82. The summed E-state index contributed by atoms with van der Waals surface area (Å²) in [5, 5.41) is 0. The summed E-state index contributed by atoms with van der Waals surface area (Å²) in [5.74, 6) is 0. The zero-order chi connectivity index (χ0) is 13.7. The van der Waals surface area contributed by atoms with E-state index in [0.29, 0.717) is 0 Å². The minimum atomic E-state index is 0.0988. The van der Waals surface area contributed by atoms with Crippen LogP contribution in [0.4, 0.5) is 0 Å². The summed E-state index contributed by atoms with van der Waals surface area (Å²) in [5.41, 5.74) is 8.19. The molecule has 0 fully saturated rings. The molecule has 4 atom stereocenters. The van der Waals surface area contributed by atoms with Crippen LogP contribution in [-0.4, -0.2) is 13.3 Å². The van der Waals surface area contributed by atoms with Gasteiger partial charge in [-0.3, -0.25) is 0 Å². The van der Waals surface area contributed by atoms with E-state index in [2.05, 4.69) is 61.9 Å². The van der Waals surface area contributed by atoms with Crippen LogP contribution in [0.3, 0.4) is 0 Å². The first-order valence-electron chi connectivity index (χ1n) is 7.32. The zero-order valence-electron chi connectivity index (χ0n) is 12.1. The predicted molar refractivity (Wildman–Crippen MR) is 91.5 cm³/mol. The lowest BCUT2D eigenvalue weighted by Gasteiger charge is -2.29. The van der Waals surface area contributed by atoms with Crippen LogP contribution in [0, 0.1) is 0 Å². The quantitative estimate of drug-likeness (QED) is 0.591. The molecule has 2 aromatic rings. The monoisotopic (exact) mass is 298 g/mol. The van der Waals surface area contributed by atoms with Gasteiger partial charge in [-0.15, -0.1) is 0 Å². The highest BCUT2D eigenvalue weighted by Crippen LogP contribution is 2.73. The smallest absolute Gasteiger partial charge is 0.0153 e. The fourth-order valence-corrected chi connectivity index (χ4v) is 10.1. The van der Waals surface area contributed by atoms with Crippen LogP contribution < -0.4 is 0 Å². The van der Waals surface area contributed by atoms with Gasteiger partial charge in [-0.25, -0.2) is 0 Å². The second-order valence-electron chi connectivity index (χ2n) is 6.12. The highest BCUT2D eigenvalue weighted by molar-refractivity contribution is 7.61. The van der Waals surface area contributed by atoms with Gasteiger partial charge in [0.05, 0.1) is 0 Å². The third-order valence-electron chi connectivity index (χ3n) is 4.84. The molecule has 0 saturated heterocycles. The van der Waals surface area contributed by atoms with Gasteiger partial charge >= 0.3 is 0 Å². The standard InChI is InChI=1S/C18H20P2/c1-19-11-13-7-3-5-9-15(13)17(19)18-16-10-6-4-8-14(16)12-20(18)2/h3-10,17-18H,11-12H2,1-2H3/t17-,18?,19?,20?/m1/s1. The molecule has 2 aliphatic heterocycles. The van der Waals surface area contributed by atoms with E-state index in [9.17, 15) is 0 Å². The largest absolute Gasteiger partial charge is 0.0967 e. The Hall–Kier alpha value is -0.700. The van der Waals surface area contributed by atoms with Crippen molar-refractivity contribution in [1.29, 1.82) is 0 Å². The maximum atomic E-state index is 2.52. The van der Waals surface area contributed by atoms with E-state index < -0.39 is 0 Å². The fourth-order valence-electron chi connectivity index (χ4n) is 3.96. The fraction of sp³-hybridized carbons (Fsp3) is 0.333. The van der Waals surface area contributed by atoms with Crippen LogP contribution in [0.1, 0.15) is 33.6 Å². The maximum absolute atomic E-state index is 2.52. The molecule has 0 amide bonds. The summed E-state index contributed by atoms with van der Waals surface area (Å²) < 4.78 is 0. The third-order valence-corrected chi connectivity index (χ3v) is 9.80. The lowest BCUT2D eigenvalue weighted by Crippen LogP contribution is -2.03. The predicted octanol–water partition coefficient (Wildman–Crippen LogP) is 5.72. The molecule has 0 bridgehead atoms. The summed E-state index contributed by atoms with van der Waals surface area (Å²) in [7, 11) is 0.198. The molecule has 0 spiro atoms. The van der Waals surface area contributed by atoms with Crippen molar-refractivity contribution in [3.8, 4) is 0 Å². The molecule has 0 aliphatic carbocycles. The van der Waals surface area contributed by atoms with Crippen LogP contribution in [0.2, 0.25) is 0 Å². The SMILES string of the molecule is CP1Cc2ccccc2C1[C@H]1c2ccccc2CP1C. The van der Waals surface area contributed by atoms with E-state index in [1.165, 1.54) is 12.3 Å². The van der Waals surface area contributed by atoms with Gasteiger partial charge in [0.1, 0.15) is 0 Å². The molecular weight excluding hydrogens is 278 g/mol. The van der Waals surface area contributed by atoms with Crippen molar-refractivity contribution in [2.45, 2.75) is 23.6 Å². The number of rotatable bonds is 1. The highest BCUT2D eigenvalue weighted by Gasteiger charge is 2.41. The Morgan fingerprint density at radius 3 is 1.55 bits per heavy atom. The van der Waals surface area contributed by atoms with Crippen molar-refractivity contribution in [3.05, 3.63) is 70.8 Å². The van der Waals surface area contributed by atoms with Gasteiger partial charge in [0.2, 0.25) is 0 Å². The van der Waals surface area contributed by atoms with Gasteiger partial charge in [0.25, 0.3) is 0 Å². The van der Waals surface area contributed by atoms with Crippen LogP contribution in [0.5, 0.6) is 0 Å². The molecular formula is C18H20P2. The summed E-state index contributed by atoms with van der Waals surface area (Å²) in [6.45, 7) is 5.04. The van der Waals surface area contributed by atoms with Crippen molar-refractivity contribution >= 4 is 15.8 Å². The van der Waals surface area contributed by atoms with Crippen molar-refractivity contribution in [3.63, 3.8) is 0 Å². The molecule has 20 heavy (non-hydrogen) atoms. The molecule has 2 heteroatoms. The first-order chi connectivity index (χ1) is 9.75. The lowest BCUT2D eigenvalue weighted by atomic mass is 9.98. The molecule has 0 radical (unpaired) electrons. The average Bonchev–Trinajstić information content (AvgIpc) is 2.94. The second-order valence-corrected chi connectivity index (χ2v) is 10.9. The van der Waals surface area contributed by atoms with Crippen molar-refractivity contribution in [2.24, 2.45) is 0 Å². The molecule has 3 unspecified atom stereocenters. The van der Waals surface area contributed by atoms with Gasteiger partial charge in [-0.1, -0.05) is 64.4 Å². The van der Waals surface area contributed by atoms with Gasteiger partial charge in [-0.05, 0) is 47.9 Å². The first kappa shape index (κ1) is 13.0. The van der Waals surface area contributed by atoms with Crippen LogP contribution in [-0.2, 0) is 12.3 Å². The van der Waals surface area contributed by atoms with Crippen LogP contribution in [0.15, 0.2) is 48.5 Å². The summed E-state index contributed by atoms with van der Waals surface area (Å²) >= 11 is 0. The van der Waals surface area contributed by atoms with E-state index >= 15 is 0 Å². The minimum Gasteiger partial charge on any atom is -0.0967 e. The molecule has 102 valence electrons. The maximum Gasteiger partial charge on any atom is 0.0153 e. The Labute approximate surface area is 124 Å². The Bertz CT molecular complexity index is 592. The van der Waals surface area contributed by atoms with E-state index in [4.69, 9.17) is 0 Å². The number of fused-ring (bicyclic) bond motifs is 2. The van der Waals surface area contributed by atoms with Crippen LogP contribution in [0.25, 0.3) is 0 Å². The number of benzene rings is 2. The summed E-state index contributed by atoms with van der Waals surface area (Å²) in [6, 6.07) is 18.4. The normalized spacial score (nSPS) is 31.1. The molecule has 2 heterocycles. The molecule has 0 aromatic heterocycles. The summed E-state index contributed by atoms with van der Waals surface area (Å²) in [6.07, 6.45) is 2.66. The zero-order valence-corrected chi connectivity index (χ0v) is 13.9. The number of hydrogen-bond acceptors (Lipinski definition) is 0. The number of hydrogen-bond donors (Lipinski definition) is 0. The van der Waals surface area contributed by atoms with E-state index in [-0.39, 0.29) is 15.8 Å². The lowest BCUT2D eigenvalue weighted by molar-refractivity contribution is 0.900. The van der Waals surface area contributed by atoms with Crippen molar-refractivity contribution in [2.75, 3.05) is 13.3 Å². The first-order valence-corrected chi connectivity index (χ1v) is 11.4. The van der Waals surface area contributed by atoms with Gasteiger partial charge in [-0.2, -0.15) is 0 Å². The topological polar surface area (TPSA) is 0 Å². The van der Waals surface area contributed by atoms with Crippen molar-refractivity contribution < 1.29 is 0 Å². The molecule has 4 rings (SSSR count). The third kappa shape index (κ3) is 1.89. The van der Waals surface area contributed by atoms with Crippen molar-refractivity contribution in [1.82, 2.24) is 0 Å². The van der Waals surface area contributed by atoms with Gasteiger partial charge in [0.15, 0.2) is 0 Å². The van der Waals surface area contributed by atoms with Gasteiger partial charge < -0.3 is 0 Å². The second kappa shape index (κ2) is 4.94. The van der Waals surface area contributed by atoms with E-state index in [1.54, 1.807) is 22.3 Å². The highest BCUT2D eigenvalue weighted by atomic mass is 31.1.